The van der Waals surface area contributed by atoms with Crippen LogP contribution in [0.15, 0.2) is 24.8 Å². The summed E-state index contributed by atoms with van der Waals surface area (Å²) in [5.74, 6) is 0.848. The molecule has 5 heteroatoms. The van der Waals surface area contributed by atoms with Crippen molar-refractivity contribution < 1.29 is 0 Å². The molecule has 19 heavy (non-hydrogen) atoms. The minimum atomic E-state index is 0.763. The summed E-state index contributed by atoms with van der Waals surface area (Å²) in [6, 6.07) is 1.87. The van der Waals surface area contributed by atoms with Crippen molar-refractivity contribution in [2.45, 2.75) is 26.4 Å². The van der Waals surface area contributed by atoms with Gasteiger partial charge >= 0.3 is 0 Å². The lowest BCUT2D eigenvalue weighted by atomic mass is 9.96. The van der Waals surface area contributed by atoms with Gasteiger partial charge in [0.15, 0.2) is 0 Å². The van der Waals surface area contributed by atoms with E-state index in [2.05, 4.69) is 32.5 Å². The van der Waals surface area contributed by atoms with Gasteiger partial charge in [-0.3, -0.25) is 4.98 Å². The third-order valence-corrected chi connectivity index (χ3v) is 3.50. The molecule has 98 valence electrons. The Morgan fingerprint density at radius 3 is 3.16 bits per heavy atom. The summed E-state index contributed by atoms with van der Waals surface area (Å²) in [7, 11) is 0. The van der Waals surface area contributed by atoms with Gasteiger partial charge in [0.25, 0.3) is 0 Å². The van der Waals surface area contributed by atoms with Crippen molar-refractivity contribution in [2.24, 2.45) is 0 Å². The van der Waals surface area contributed by atoms with Crippen LogP contribution in [0.25, 0.3) is 0 Å². The molecule has 5 nitrogen and oxygen atoms in total. The molecular formula is C14H17N5. The highest BCUT2D eigenvalue weighted by atomic mass is 15.0. The molecule has 0 unspecified atom stereocenters. The Labute approximate surface area is 112 Å². The van der Waals surface area contributed by atoms with Crippen molar-refractivity contribution in [1.29, 1.82) is 0 Å². The Kier molecular flexibility index (Phi) is 3.37. The lowest BCUT2D eigenvalue weighted by Crippen LogP contribution is -2.26. The first-order valence-electron chi connectivity index (χ1n) is 6.51. The molecule has 2 aromatic heterocycles. The Bertz CT molecular complexity index is 568. The number of rotatable bonds is 3. The third kappa shape index (κ3) is 2.56. The molecule has 0 aliphatic carbocycles. The average Bonchev–Trinajstić information content (AvgIpc) is 2.47. The van der Waals surface area contributed by atoms with Gasteiger partial charge in [-0.15, -0.1) is 0 Å². The molecule has 0 radical (unpaired) electrons. The molecule has 0 amide bonds. The Hall–Kier alpha value is -2.01. The number of aryl methyl sites for hydroxylation is 1. The van der Waals surface area contributed by atoms with Crippen LogP contribution >= 0.6 is 0 Å². The zero-order valence-electron chi connectivity index (χ0n) is 11.0. The second-order valence-corrected chi connectivity index (χ2v) is 4.70. The summed E-state index contributed by atoms with van der Waals surface area (Å²) in [6.45, 7) is 4.79. The topological polar surface area (TPSA) is 62.7 Å². The van der Waals surface area contributed by atoms with Crippen LogP contribution in [0.1, 0.15) is 22.4 Å². The Balaban J connectivity index is 1.84. The fourth-order valence-corrected chi connectivity index (χ4v) is 2.45. The molecule has 2 aromatic rings. The quantitative estimate of drug-likeness (QED) is 0.869. The fraction of sp³-hybridized carbons (Fsp3) is 0.357. The van der Waals surface area contributed by atoms with Crippen LogP contribution in [0.2, 0.25) is 0 Å². The van der Waals surface area contributed by atoms with Crippen molar-refractivity contribution in [1.82, 2.24) is 20.3 Å². The molecule has 0 saturated carbocycles. The van der Waals surface area contributed by atoms with Crippen LogP contribution < -0.4 is 10.6 Å². The van der Waals surface area contributed by atoms with Crippen molar-refractivity contribution in [3.63, 3.8) is 0 Å². The highest BCUT2D eigenvalue weighted by Gasteiger charge is 2.15. The van der Waals surface area contributed by atoms with Crippen molar-refractivity contribution in [3.05, 3.63) is 47.2 Å². The van der Waals surface area contributed by atoms with E-state index in [1.54, 1.807) is 12.5 Å². The molecule has 0 saturated heterocycles. The van der Waals surface area contributed by atoms with Gasteiger partial charge < -0.3 is 10.6 Å². The number of aromatic nitrogens is 3. The zero-order valence-corrected chi connectivity index (χ0v) is 11.0. The number of pyridine rings is 1. The summed E-state index contributed by atoms with van der Waals surface area (Å²) in [6.07, 6.45) is 6.35. The SMILES string of the molecule is Cc1ncc2c(c1CNc1ccncn1)CCNC2. The Morgan fingerprint density at radius 2 is 2.32 bits per heavy atom. The van der Waals surface area contributed by atoms with Gasteiger partial charge in [0.1, 0.15) is 12.1 Å². The molecule has 0 bridgehead atoms. The summed E-state index contributed by atoms with van der Waals surface area (Å²) in [5.41, 5.74) is 5.16. The van der Waals surface area contributed by atoms with Crippen molar-refractivity contribution in [3.8, 4) is 0 Å². The van der Waals surface area contributed by atoms with E-state index in [-0.39, 0.29) is 0 Å². The normalized spacial score (nSPS) is 13.9. The maximum absolute atomic E-state index is 4.49. The predicted octanol–water partition coefficient (Wildman–Crippen LogP) is 1.44. The fourth-order valence-electron chi connectivity index (χ4n) is 2.45. The highest BCUT2D eigenvalue weighted by molar-refractivity contribution is 5.41. The van der Waals surface area contributed by atoms with E-state index in [9.17, 15) is 0 Å². The highest BCUT2D eigenvalue weighted by Crippen LogP contribution is 2.21. The first-order chi connectivity index (χ1) is 9.34. The van der Waals surface area contributed by atoms with E-state index in [1.165, 1.54) is 16.7 Å². The minimum Gasteiger partial charge on any atom is -0.366 e. The maximum Gasteiger partial charge on any atom is 0.129 e. The van der Waals surface area contributed by atoms with Crippen molar-refractivity contribution in [2.75, 3.05) is 11.9 Å². The van der Waals surface area contributed by atoms with Crippen LogP contribution in [0.3, 0.4) is 0 Å². The Morgan fingerprint density at radius 1 is 1.37 bits per heavy atom. The predicted molar refractivity (Wildman–Crippen MR) is 73.7 cm³/mol. The van der Waals surface area contributed by atoms with Gasteiger partial charge in [-0.2, -0.15) is 0 Å². The largest absolute Gasteiger partial charge is 0.366 e. The smallest absolute Gasteiger partial charge is 0.129 e. The van der Waals surface area contributed by atoms with Gasteiger partial charge in [0.2, 0.25) is 0 Å². The maximum atomic E-state index is 4.49. The van der Waals surface area contributed by atoms with Gasteiger partial charge in [-0.25, -0.2) is 9.97 Å². The number of hydrogen-bond acceptors (Lipinski definition) is 5. The zero-order chi connectivity index (χ0) is 13.1. The van der Waals surface area contributed by atoms with Crippen LogP contribution in [0.4, 0.5) is 5.82 Å². The van der Waals surface area contributed by atoms with Crippen LogP contribution in [0.5, 0.6) is 0 Å². The van der Waals surface area contributed by atoms with E-state index in [0.717, 1.165) is 37.6 Å². The minimum absolute atomic E-state index is 0.763. The van der Waals surface area contributed by atoms with E-state index < -0.39 is 0 Å². The number of anilines is 1. The van der Waals surface area contributed by atoms with Crippen LogP contribution in [0, 0.1) is 6.92 Å². The van der Waals surface area contributed by atoms with E-state index in [0.29, 0.717) is 0 Å². The number of hydrogen-bond donors (Lipinski definition) is 2. The van der Waals surface area contributed by atoms with Gasteiger partial charge in [0, 0.05) is 31.2 Å². The third-order valence-electron chi connectivity index (χ3n) is 3.50. The summed E-state index contributed by atoms with van der Waals surface area (Å²) < 4.78 is 0. The monoisotopic (exact) mass is 255 g/mol. The molecule has 2 N–H and O–H groups in total. The van der Waals surface area contributed by atoms with Crippen LogP contribution in [-0.2, 0) is 19.5 Å². The summed E-state index contributed by atoms with van der Waals surface area (Å²) in [4.78, 5) is 12.6. The molecule has 0 aromatic carbocycles. The lowest BCUT2D eigenvalue weighted by molar-refractivity contribution is 0.634. The molecule has 0 fully saturated rings. The van der Waals surface area contributed by atoms with Gasteiger partial charge in [-0.1, -0.05) is 0 Å². The summed E-state index contributed by atoms with van der Waals surface area (Å²) >= 11 is 0. The molecule has 0 atom stereocenters. The molecular weight excluding hydrogens is 238 g/mol. The van der Waals surface area contributed by atoms with Crippen molar-refractivity contribution >= 4 is 5.82 Å². The first-order valence-corrected chi connectivity index (χ1v) is 6.51. The standard InChI is InChI=1S/C14H17N5/c1-10-13(8-18-14-3-5-16-9-19-14)12-2-4-15-6-11(12)7-17-10/h3,5,7,9,15H,2,4,6,8H2,1H3,(H,16,18,19). The number of fused-ring (bicyclic) bond motifs is 1. The molecule has 3 heterocycles. The second-order valence-electron chi connectivity index (χ2n) is 4.70. The molecule has 1 aliphatic rings. The van der Waals surface area contributed by atoms with E-state index in [1.807, 2.05) is 12.3 Å². The lowest BCUT2D eigenvalue weighted by Gasteiger charge is -2.21. The second kappa shape index (κ2) is 5.32. The van der Waals surface area contributed by atoms with Gasteiger partial charge in [0.05, 0.1) is 0 Å². The molecule has 3 rings (SSSR count). The van der Waals surface area contributed by atoms with E-state index in [4.69, 9.17) is 0 Å². The van der Waals surface area contributed by atoms with E-state index >= 15 is 0 Å². The number of nitrogens with zero attached hydrogens (tertiary/aromatic N) is 3. The molecule has 0 spiro atoms. The first kappa shape index (κ1) is 12.0. The average molecular weight is 255 g/mol. The van der Waals surface area contributed by atoms with Gasteiger partial charge in [-0.05, 0) is 42.6 Å². The number of nitrogens with one attached hydrogen (secondary N) is 2. The van der Waals surface area contributed by atoms with Crippen LogP contribution in [-0.4, -0.2) is 21.5 Å². The summed E-state index contributed by atoms with van der Waals surface area (Å²) in [5, 5.41) is 6.72. The molecule has 1 aliphatic heterocycles.